The normalized spacial score (nSPS) is 14.4. The van der Waals surface area contributed by atoms with E-state index >= 15 is 0 Å². The van der Waals surface area contributed by atoms with Gasteiger partial charge in [0.05, 0.1) is 19.9 Å². The number of methoxy groups -OCH3 is 2. The summed E-state index contributed by atoms with van der Waals surface area (Å²) in [6.45, 7) is 2.83. The highest BCUT2D eigenvalue weighted by molar-refractivity contribution is 6.10. The van der Waals surface area contributed by atoms with Gasteiger partial charge in [0.15, 0.2) is 11.5 Å². The Kier molecular flexibility index (Phi) is 3.47. The van der Waals surface area contributed by atoms with E-state index in [4.69, 9.17) is 9.47 Å². The maximum Gasteiger partial charge on any atom is 0.161 e. The van der Waals surface area contributed by atoms with E-state index in [1.165, 1.54) is 5.56 Å². The molecule has 3 heteroatoms. The molecule has 1 aromatic rings. The third kappa shape index (κ3) is 2.18. The van der Waals surface area contributed by atoms with Crippen molar-refractivity contribution in [1.29, 1.82) is 0 Å². The predicted octanol–water partition coefficient (Wildman–Crippen LogP) is 2.63. The van der Waals surface area contributed by atoms with Crippen LogP contribution in [-0.4, -0.2) is 26.5 Å². The Hall–Kier alpha value is -1.77. The summed E-state index contributed by atoms with van der Waals surface area (Å²) in [5, 5.41) is 0. The molecule has 17 heavy (non-hydrogen) atoms. The zero-order valence-corrected chi connectivity index (χ0v) is 10.5. The molecule has 0 aromatic heterocycles. The number of allylic oxidation sites excluding steroid dienone is 2. The topological polar surface area (TPSA) is 30.8 Å². The minimum Gasteiger partial charge on any atom is -0.493 e. The van der Waals surface area contributed by atoms with Crippen LogP contribution < -0.4 is 9.47 Å². The molecule has 0 atom stereocenters. The molecular weight excluding hydrogens is 214 g/mol. The Morgan fingerprint density at radius 3 is 2.53 bits per heavy atom. The van der Waals surface area contributed by atoms with Crippen molar-refractivity contribution in [3.8, 4) is 11.5 Å². The number of aliphatic imine (C=N–C) groups is 1. The highest BCUT2D eigenvalue weighted by Gasteiger charge is 2.16. The van der Waals surface area contributed by atoms with Gasteiger partial charge in [0.2, 0.25) is 0 Å². The van der Waals surface area contributed by atoms with Gasteiger partial charge in [-0.2, -0.15) is 0 Å². The van der Waals surface area contributed by atoms with Crippen LogP contribution in [-0.2, 0) is 6.42 Å². The van der Waals surface area contributed by atoms with Crippen LogP contribution in [0.1, 0.15) is 18.1 Å². The van der Waals surface area contributed by atoms with E-state index in [2.05, 4.69) is 4.99 Å². The van der Waals surface area contributed by atoms with E-state index < -0.39 is 0 Å². The molecule has 0 fully saturated rings. The van der Waals surface area contributed by atoms with Crippen molar-refractivity contribution in [2.75, 3.05) is 20.8 Å². The van der Waals surface area contributed by atoms with Crippen LogP contribution in [0.5, 0.6) is 11.5 Å². The average Bonchev–Trinajstić information content (AvgIpc) is 2.38. The van der Waals surface area contributed by atoms with Gasteiger partial charge in [-0.25, -0.2) is 0 Å². The lowest BCUT2D eigenvalue weighted by Crippen LogP contribution is -2.11. The van der Waals surface area contributed by atoms with Crippen molar-refractivity contribution < 1.29 is 9.47 Å². The Morgan fingerprint density at radius 2 is 1.88 bits per heavy atom. The molecule has 0 aliphatic carbocycles. The molecule has 0 radical (unpaired) electrons. The van der Waals surface area contributed by atoms with Gasteiger partial charge >= 0.3 is 0 Å². The maximum atomic E-state index is 5.32. The molecular formula is C14H17NO2. The Balaban J connectivity index is 2.53. The van der Waals surface area contributed by atoms with E-state index in [0.717, 1.165) is 35.7 Å². The largest absolute Gasteiger partial charge is 0.493 e. The first kappa shape index (κ1) is 11.7. The summed E-state index contributed by atoms with van der Waals surface area (Å²) in [6.07, 6.45) is 4.99. The second-order valence-electron chi connectivity index (χ2n) is 3.88. The molecule has 0 amide bonds. The lowest BCUT2D eigenvalue weighted by Gasteiger charge is -2.18. The Bertz CT molecular complexity index is 475. The molecule has 0 unspecified atom stereocenters. The maximum absolute atomic E-state index is 5.32. The van der Waals surface area contributed by atoms with Crippen LogP contribution in [0.25, 0.3) is 0 Å². The van der Waals surface area contributed by atoms with Crippen LogP contribution in [0, 0.1) is 0 Å². The monoisotopic (exact) mass is 231 g/mol. The molecule has 1 aliphatic rings. The number of fused-ring (bicyclic) bond motifs is 1. The summed E-state index contributed by atoms with van der Waals surface area (Å²) >= 11 is 0. The Labute approximate surface area is 102 Å². The predicted molar refractivity (Wildman–Crippen MR) is 69.5 cm³/mol. The zero-order valence-electron chi connectivity index (χ0n) is 10.5. The van der Waals surface area contributed by atoms with Crippen molar-refractivity contribution in [3.05, 3.63) is 35.4 Å². The second kappa shape index (κ2) is 5.04. The minimum atomic E-state index is 0.755. The van der Waals surface area contributed by atoms with Crippen LogP contribution >= 0.6 is 0 Å². The summed E-state index contributed by atoms with van der Waals surface area (Å²) < 4.78 is 10.6. The minimum absolute atomic E-state index is 0.755. The van der Waals surface area contributed by atoms with E-state index in [1.54, 1.807) is 14.2 Å². The van der Waals surface area contributed by atoms with E-state index in [0.29, 0.717) is 0 Å². The van der Waals surface area contributed by atoms with Crippen molar-refractivity contribution in [1.82, 2.24) is 0 Å². The van der Waals surface area contributed by atoms with Crippen molar-refractivity contribution in [2.45, 2.75) is 13.3 Å². The lowest BCUT2D eigenvalue weighted by atomic mass is 9.96. The molecule has 2 rings (SSSR count). The molecule has 0 N–H and O–H groups in total. The standard InChI is InChI=1S/C14H17NO2/c1-4-5-12-11-9-14(17-3)13(16-2)8-10(11)6-7-15-12/h4-5,8-9H,6-7H2,1-3H3/b5-4-. The fraction of sp³-hybridized carbons (Fsp3) is 0.357. The van der Waals surface area contributed by atoms with E-state index in [9.17, 15) is 0 Å². The number of hydrogen-bond donors (Lipinski definition) is 0. The molecule has 0 saturated carbocycles. The first-order valence-corrected chi connectivity index (χ1v) is 5.72. The highest BCUT2D eigenvalue weighted by Crippen LogP contribution is 2.32. The van der Waals surface area contributed by atoms with E-state index in [-0.39, 0.29) is 0 Å². The second-order valence-corrected chi connectivity index (χ2v) is 3.88. The first-order chi connectivity index (χ1) is 8.30. The highest BCUT2D eigenvalue weighted by atomic mass is 16.5. The van der Waals surface area contributed by atoms with Crippen LogP contribution in [0.4, 0.5) is 0 Å². The molecule has 3 nitrogen and oxygen atoms in total. The van der Waals surface area contributed by atoms with Gasteiger partial charge in [-0.15, -0.1) is 0 Å². The Morgan fingerprint density at radius 1 is 1.18 bits per heavy atom. The summed E-state index contributed by atoms with van der Waals surface area (Å²) in [4.78, 5) is 4.52. The molecule has 1 heterocycles. The molecule has 0 spiro atoms. The first-order valence-electron chi connectivity index (χ1n) is 5.72. The number of ether oxygens (including phenoxy) is 2. The van der Waals surface area contributed by atoms with E-state index in [1.807, 2.05) is 31.2 Å². The van der Waals surface area contributed by atoms with Crippen LogP contribution in [0.3, 0.4) is 0 Å². The van der Waals surface area contributed by atoms with Gasteiger partial charge in [-0.3, -0.25) is 4.99 Å². The SMILES string of the molecule is C/C=C\C1=NCCc2cc(OC)c(OC)cc21. The third-order valence-corrected chi connectivity index (χ3v) is 2.87. The van der Waals surface area contributed by atoms with Gasteiger partial charge in [-0.05, 0) is 37.1 Å². The van der Waals surface area contributed by atoms with Crippen LogP contribution in [0.15, 0.2) is 29.3 Å². The van der Waals surface area contributed by atoms with Crippen molar-refractivity contribution in [3.63, 3.8) is 0 Å². The third-order valence-electron chi connectivity index (χ3n) is 2.87. The summed E-state index contributed by atoms with van der Waals surface area (Å²) in [7, 11) is 3.31. The molecule has 90 valence electrons. The van der Waals surface area contributed by atoms with Gasteiger partial charge in [0.1, 0.15) is 0 Å². The smallest absolute Gasteiger partial charge is 0.161 e. The molecule has 1 aromatic carbocycles. The van der Waals surface area contributed by atoms with Gasteiger partial charge in [0.25, 0.3) is 0 Å². The average molecular weight is 231 g/mol. The molecule has 0 saturated heterocycles. The summed E-state index contributed by atoms with van der Waals surface area (Å²) in [5.74, 6) is 1.54. The quantitative estimate of drug-likeness (QED) is 0.800. The van der Waals surface area contributed by atoms with Crippen molar-refractivity contribution >= 4 is 5.71 Å². The number of hydrogen-bond acceptors (Lipinski definition) is 3. The molecule has 0 bridgehead atoms. The van der Waals surface area contributed by atoms with Gasteiger partial charge < -0.3 is 9.47 Å². The fourth-order valence-electron chi connectivity index (χ4n) is 2.05. The number of nitrogens with zero attached hydrogens (tertiary/aromatic N) is 1. The number of rotatable bonds is 3. The zero-order chi connectivity index (χ0) is 12.3. The lowest BCUT2D eigenvalue weighted by molar-refractivity contribution is 0.354. The number of benzene rings is 1. The van der Waals surface area contributed by atoms with Crippen molar-refractivity contribution in [2.24, 2.45) is 4.99 Å². The van der Waals surface area contributed by atoms with Gasteiger partial charge in [0, 0.05) is 12.1 Å². The molecule has 1 aliphatic heterocycles. The summed E-state index contributed by atoms with van der Waals surface area (Å²) in [6, 6.07) is 4.05. The fourth-order valence-corrected chi connectivity index (χ4v) is 2.05. The van der Waals surface area contributed by atoms with Crippen LogP contribution in [0.2, 0.25) is 0 Å². The van der Waals surface area contributed by atoms with Gasteiger partial charge in [-0.1, -0.05) is 6.08 Å². The summed E-state index contributed by atoms with van der Waals surface area (Å²) in [5.41, 5.74) is 3.44.